The van der Waals surface area contributed by atoms with Crippen molar-refractivity contribution in [2.45, 2.75) is 12.0 Å². The average Bonchev–Trinajstić information content (AvgIpc) is 2.94. The third-order valence-electron chi connectivity index (χ3n) is 7.25. The number of benzene rings is 2. The summed E-state index contributed by atoms with van der Waals surface area (Å²) < 4.78 is 24.3. The minimum absolute atomic E-state index is 0.0690. The number of rotatable bonds is 5. The summed E-state index contributed by atoms with van der Waals surface area (Å²) in [6.45, 7) is 2.25. The molecule has 0 N–H and O–H groups in total. The third-order valence-corrected chi connectivity index (χ3v) is 7.25. The summed E-state index contributed by atoms with van der Waals surface area (Å²) in [7, 11) is 4.76. The second-order valence-electron chi connectivity index (χ2n) is 9.21. The fourth-order valence-corrected chi connectivity index (χ4v) is 5.32. The van der Waals surface area contributed by atoms with Gasteiger partial charge in [0.2, 0.25) is 5.91 Å². The van der Waals surface area contributed by atoms with Crippen molar-refractivity contribution in [3.8, 4) is 11.5 Å². The summed E-state index contributed by atoms with van der Waals surface area (Å²) in [5.41, 5.74) is 2.73. The highest BCUT2D eigenvalue weighted by Crippen LogP contribution is 2.46. The van der Waals surface area contributed by atoms with Gasteiger partial charge in [0.05, 0.1) is 26.2 Å². The van der Waals surface area contributed by atoms with E-state index in [1.807, 2.05) is 11.0 Å². The van der Waals surface area contributed by atoms with Gasteiger partial charge in [0.1, 0.15) is 5.82 Å². The Labute approximate surface area is 215 Å². The number of halogens is 1. The molecule has 1 fully saturated rings. The Morgan fingerprint density at radius 2 is 1.68 bits per heavy atom. The third kappa shape index (κ3) is 4.45. The summed E-state index contributed by atoms with van der Waals surface area (Å²) in [5.74, 6) is -0.306. The van der Waals surface area contributed by atoms with Gasteiger partial charge in [-0.3, -0.25) is 14.6 Å². The molecule has 0 saturated carbocycles. The van der Waals surface area contributed by atoms with Gasteiger partial charge < -0.3 is 24.2 Å². The Kier molecular flexibility index (Phi) is 6.69. The fraction of sp³-hybridized carbons (Fsp3) is 0.321. The highest BCUT2D eigenvalue weighted by atomic mass is 19.1. The second kappa shape index (κ2) is 10.1. The van der Waals surface area contributed by atoms with Crippen LogP contribution in [0.15, 0.2) is 60.9 Å². The van der Waals surface area contributed by atoms with Crippen molar-refractivity contribution in [1.82, 2.24) is 14.8 Å². The lowest BCUT2D eigenvalue weighted by Gasteiger charge is -2.43. The van der Waals surface area contributed by atoms with E-state index < -0.39 is 12.0 Å². The number of hydrogen-bond donors (Lipinski definition) is 0. The molecule has 37 heavy (non-hydrogen) atoms. The van der Waals surface area contributed by atoms with E-state index in [0.29, 0.717) is 48.8 Å². The van der Waals surface area contributed by atoms with Crippen molar-refractivity contribution < 1.29 is 23.5 Å². The monoisotopic (exact) mass is 504 g/mol. The van der Waals surface area contributed by atoms with E-state index in [9.17, 15) is 14.0 Å². The van der Waals surface area contributed by atoms with Crippen molar-refractivity contribution in [3.05, 3.63) is 83.4 Å². The summed E-state index contributed by atoms with van der Waals surface area (Å²) in [5, 5.41) is 0. The molecule has 8 nitrogen and oxygen atoms in total. The van der Waals surface area contributed by atoms with Gasteiger partial charge in [-0.25, -0.2) is 4.39 Å². The maximum Gasteiger partial charge on any atom is 0.254 e. The molecular formula is C28H29FN4O4. The molecule has 1 aromatic heterocycles. The number of amides is 2. The molecule has 2 amide bonds. The summed E-state index contributed by atoms with van der Waals surface area (Å²) >= 11 is 0. The van der Waals surface area contributed by atoms with Gasteiger partial charge in [-0.05, 0) is 53.6 Å². The van der Waals surface area contributed by atoms with Crippen LogP contribution in [0.4, 0.5) is 10.1 Å². The van der Waals surface area contributed by atoms with Gasteiger partial charge in [0, 0.05) is 56.9 Å². The molecule has 5 rings (SSSR count). The van der Waals surface area contributed by atoms with Gasteiger partial charge in [0.15, 0.2) is 11.5 Å². The Morgan fingerprint density at radius 3 is 2.30 bits per heavy atom. The molecule has 192 valence electrons. The number of fused-ring (bicyclic) bond motifs is 1. The van der Waals surface area contributed by atoms with Crippen LogP contribution >= 0.6 is 0 Å². The van der Waals surface area contributed by atoms with E-state index in [-0.39, 0.29) is 17.6 Å². The number of carbonyl (C=O) groups excluding carboxylic acids is 2. The zero-order valence-electron chi connectivity index (χ0n) is 21.1. The lowest BCUT2D eigenvalue weighted by Crippen LogP contribution is -2.53. The molecule has 0 bridgehead atoms. The minimum atomic E-state index is -0.654. The van der Waals surface area contributed by atoms with Crippen molar-refractivity contribution in [1.29, 1.82) is 0 Å². The molecule has 0 unspecified atom stereocenters. The first-order valence-electron chi connectivity index (χ1n) is 12.1. The molecule has 3 aromatic rings. The Morgan fingerprint density at radius 1 is 1.00 bits per heavy atom. The largest absolute Gasteiger partial charge is 0.493 e. The van der Waals surface area contributed by atoms with Crippen LogP contribution in [0.1, 0.15) is 33.4 Å². The van der Waals surface area contributed by atoms with Crippen molar-refractivity contribution in [2.24, 2.45) is 0 Å². The predicted octanol–water partition coefficient (Wildman–Crippen LogP) is 3.50. The molecule has 2 aliphatic rings. The zero-order valence-corrected chi connectivity index (χ0v) is 21.1. The number of ether oxygens (including phenoxy) is 2. The van der Waals surface area contributed by atoms with E-state index in [1.54, 1.807) is 54.7 Å². The molecule has 1 saturated heterocycles. The summed E-state index contributed by atoms with van der Waals surface area (Å²) in [6.07, 6.45) is 3.37. The van der Waals surface area contributed by atoms with Crippen LogP contribution in [0.25, 0.3) is 0 Å². The van der Waals surface area contributed by atoms with Gasteiger partial charge >= 0.3 is 0 Å². The Hall–Kier alpha value is -4.14. The molecule has 3 heterocycles. The van der Waals surface area contributed by atoms with Crippen LogP contribution in [0.5, 0.6) is 11.5 Å². The van der Waals surface area contributed by atoms with Crippen LogP contribution in [0.3, 0.4) is 0 Å². The molecule has 2 aliphatic heterocycles. The smallest absolute Gasteiger partial charge is 0.254 e. The van der Waals surface area contributed by atoms with Crippen molar-refractivity contribution in [3.63, 3.8) is 0 Å². The SMILES string of the molecule is COc1cc2c(cc1OC)[C@@H](C(=O)N1CCN(c3ccc(F)cc3)CC1)[C@@H](c1cccnc1)N(C)C2=O. The number of pyridine rings is 1. The lowest BCUT2D eigenvalue weighted by atomic mass is 9.79. The number of methoxy groups -OCH3 is 2. The average molecular weight is 505 g/mol. The Balaban J connectivity index is 1.51. The first kappa shape index (κ1) is 24.5. The maximum absolute atomic E-state index is 14.2. The van der Waals surface area contributed by atoms with Crippen LogP contribution in [0.2, 0.25) is 0 Å². The van der Waals surface area contributed by atoms with E-state index in [0.717, 1.165) is 11.3 Å². The molecule has 0 spiro atoms. The number of piperazine rings is 1. The molecule has 2 aromatic carbocycles. The van der Waals surface area contributed by atoms with E-state index >= 15 is 0 Å². The van der Waals surface area contributed by atoms with Gasteiger partial charge in [-0.1, -0.05) is 6.07 Å². The maximum atomic E-state index is 14.2. The highest BCUT2D eigenvalue weighted by Gasteiger charge is 2.45. The standard InChI is InChI=1S/C28H29FN4O4/c1-31-26(18-5-4-10-30-17-18)25(21-15-23(36-2)24(37-3)16-22(21)27(31)34)28(35)33-13-11-32(12-14-33)20-8-6-19(29)7-9-20/h4-10,15-17,25-26H,11-14H2,1-3H3/t25-,26-/m1/s1. The number of hydrogen-bond acceptors (Lipinski definition) is 6. The minimum Gasteiger partial charge on any atom is -0.493 e. The second-order valence-corrected chi connectivity index (χ2v) is 9.21. The normalized spacial score (nSPS) is 19.5. The predicted molar refractivity (Wildman–Crippen MR) is 137 cm³/mol. The zero-order chi connectivity index (χ0) is 26.1. The quantitative estimate of drug-likeness (QED) is 0.530. The molecule has 0 radical (unpaired) electrons. The first-order valence-corrected chi connectivity index (χ1v) is 12.1. The van der Waals surface area contributed by atoms with Crippen LogP contribution < -0.4 is 14.4 Å². The Bertz CT molecular complexity index is 1290. The lowest BCUT2D eigenvalue weighted by molar-refractivity contribution is -0.134. The number of likely N-dealkylation sites (N-methyl/N-ethyl adjacent to an activating group) is 1. The topological polar surface area (TPSA) is 75.2 Å². The van der Waals surface area contributed by atoms with E-state index in [4.69, 9.17) is 9.47 Å². The van der Waals surface area contributed by atoms with Gasteiger partial charge in [-0.2, -0.15) is 0 Å². The summed E-state index contributed by atoms with van der Waals surface area (Å²) in [6, 6.07) is 13.0. The molecule has 0 aliphatic carbocycles. The number of aromatic nitrogens is 1. The van der Waals surface area contributed by atoms with Gasteiger partial charge in [0.25, 0.3) is 5.91 Å². The molecule has 2 atom stereocenters. The first-order chi connectivity index (χ1) is 17.9. The van der Waals surface area contributed by atoms with Crippen molar-refractivity contribution in [2.75, 3.05) is 52.3 Å². The fourth-order valence-electron chi connectivity index (χ4n) is 5.32. The van der Waals surface area contributed by atoms with Crippen LogP contribution in [-0.4, -0.2) is 74.0 Å². The van der Waals surface area contributed by atoms with Crippen LogP contribution in [-0.2, 0) is 4.79 Å². The molecular weight excluding hydrogens is 475 g/mol. The van der Waals surface area contributed by atoms with Gasteiger partial charge in [-0.15, -0.1) is 0 Å². The molecule has 9 heteroatoms. The van der Waals surface area contributed by atoms with Crippen molar-refractivity contribution >= 4 is 17.5 Å². The number of carbonyl (C=O) groups is 2. The van der Waals surface area contributed by atoms with E-state index in [2.05, 4.69) is 9.88 Å². The highest BCUT2D eigenvalue weighted by molar-refractivity contribution is 6.02. The number of nitrogens with zero attached hydrogens (tertiary/aromatic N) is 4. The van der Waals surface area contributed by atoms with E-state index in [1.165, 1.54) is 26.4 Å². The number of anilines is 1. The summed E-state index contributed by atoms with van der Waals surface area (Å²) in [4.78, 5) is 37.6. The van der Waals surface area contributed by atoms with Crippen LogP contribution in [0, 0.1) is 5.82 Å².